The standard InChI is InChI=1S/C15H29NO3/c1-4-6-12-7-8-13(15(17)18)14(11-12)16(5-2)9-10-19-3/h12-14H,4-11H2,1-3H3,(H,17,18). The van der Waals surface area contributed by atoms with Gasteiger partial charge in [-0.25, -0.2) is 0 Å². The summed E-state index contributed by atoms with van der Waals surface area (Å²) in [4.78, 5) is 13.8. The second kappa shape index (κ2) is 8.54. The first-order chi connectivity index (χ1) is 9.13. The van der Waals surface area contributed by atoms with Crippen LogP contribution in [0.15, 0.2) is 0 Å². The van der Waals surface area contributed by atoms with Crippen molar-refractivity contribution < 1.29 is 14.6 Å². The highest BCUT2D eigenvalue weighted by Gasteiger charge is 2.37. The van der Waals surface area contributed by atoms with Crippen LogP contribution in [0.25, 0.3) is 0 Å². The highest BCUT2D eigenvalue weighted by Crippen LogP contribution is 2.34. The number of ether oxygens (including phenoxy) is 1. The van der Waals surface area contributed by atoms with Gasteiger partial charge in [-0.05, 0) is 31.7 Å². The van der Waals surface area contributed by atoms with Crippen LogP contribution in [-0.4, -0.2) is 48.8 Å². The molecule has 0 spiro atoms. The van der Waals surface area contributed by atoms with Gasteiger partial charge in [0.15, 0.2) is 0 Å². The van der Waals surface area contributed by atoms with Gasteiger partial charge >= 0.3 is 5.97 Å². The number of methoxy groups -OCH3 is 1. The minimum absolute atomic E-state index is 0.183. The van der Waals surface area contributed by atoms with E-state index in [-0.39, 0.29) is 12.0 Å². The second-order valence-corrected chi connectivity index (χ2v) is 5.60. The van der Waals surface area contributed by atoms with Crippen molar-refractivity contribution in [3.63, 3.8) is 0 Å². The molecule has 3 atom stereocenters. The molecule has 0 aromatic rings. The monoisotopic (exact) mass is 271 g/mol. The van der Waals surface area contributed by atoms with E-state index in [4.69, 9.17) is 4.74 Å². The van der Waals surface area contributed by atoms with Gasteiger partial charge < -0.3 is 9.84 Å². The molecule has 0 saturated heterocycles. The summed E-state index contributed by atoms with van der Waals surface area (Å²) >= 11 is 0. The largest absolute Gasteiger partial charge is 0.481 e. The van der Waals surface area contributed by atoms with Crippen molar-refractivity contribution in [1.82, 2.24) is 4.90 Å². The molecule has 1 N–H and O–H groups in total. The van der Waals surface area contributed by atoms with Crippen LogP contribution in [0, 0.1) is 11.8 Å². The molecule has 1 aliphatic carbocycles. The van der Waals surface area contributed by atoms with Gasteiger partial charge in [0.2, 0.25) is 0 Å². The third-order valence-corrected chi connectivity index (χ3v) is 4.40. The SMILES string of the molecule is CCCC1CCC(C(=O)O)C(N(CC)CCOC)C1. The minimum atomic E-state index is -0.629. The first kappa shape index (κ1) is 16.4. The van der Waals surface area contributed by atoms with Gasteiger partial charge in [-0.3, -0.25) is 9.69 Å². The van der Waals surface area contributed by atoms with E-state index in [0.717, 1.165) is 32.4 Å². The predicted octanol–water partition coefficient (Wildman–Crippen LogP) is 2.62. The summed E-state index contributed by atoms with van der Waals surface area (Å²) < 4.78 is 5.15. The normalized spacial score (nSPS) is 27.7. The van der Waals surface area contributed by atoms with Crippen LogP contribution >= 0.6 is 0 Å². The third kappa shape index (κ3) is 4.77. The maximum absolute atomic E-state index is 11.5. The van der Waals surface area contributed by atoms with E-state index in [0.29, 0.717) is 12.5 Å². The molecule has 0 bridgehead atoms. The number of likely N-dealkylation sites (N-methyl/N-ethyl adjacent to an activating group) is 1. The number of hydrogen-bond donors (Lipinski definition) is 1. The zero-order valence-corrected chi connectivity index (χ0v) is 12.6. The summed E-state index contributed by atoms with van der Waals surface area (Å²) in [7, 11) is 1.70. The second-order valence-electron chi connectivity index (χ2n) is 5.60. The van der Waals surface area contributed by atoms with Gasteiger partial charge in [-0.2, -0.15) is 0 Å². The molecule has 0 amide bonds. The van der Waals surface area contributed by atoms with Gasteiger partial charge in [-0.15, -0.1) is 0 Å². The molecule has 1 rings (SSSR count). The van der Waals surface area contributed by atoms with Crippen molar-refractivity contribution in [3.05, 3.63) is 0 Å². The summed E-state index contributed by atoms with van der Waals surface area (Å²) in [6, 6.07) is 0.183. The third-order valence-electron chi connectivity index (χ3n) is 4.40. The zero-order valence-electron chi connectivity index (χ0n) is 12.6. The number of carboxylic acids is 1. The van der Waals surface area contributed by atoms with E-state index in [1.165, 1.54) is 12.8 Å². The molecule has 4 nitrogen and oxygen atoms in total. The minimum Gasteiger partial charge on any atom is -0.481 e. The Labute approximate surface area is 117 Å². The van der Waals surface area contributed by atoms with Gasteiger partial charge in [-0.1, -0.05) is 26.7 Å². The number of carboxylic acid groups (broad SMARTS) is 1. The van der Waals surface area contributed by atoms with Crippen molar-refractivity contribution in [2.75, 3.05) is 26.8 Å². The number of rotatable bonds is 8. The van der Waals surface area contributed by atoms with Crippen molar-refractivity contribution >= 4 is 5.97 Å². The van der Waals surface area contributed by atoms with Crippen LogP contribution in [0.1, 0.15) is 46.0 Å². The van der Waals surface area contributed by atoms with Crippen LogP contribution < -0.4 is 0 Å². The molecule has 4 heteroatoms. The average Bonchev–Trinajstić information content (AvgIpc) is 2.40. The van der Waals surface area contributed by atoms with Gasteiger partial charge in [0.1, 0.15) is 0 Å². The fourth-order valence-corrected chi connectivity index (χ4v) is 3.36. The average molecular weight is 271 g/mol. The van der Waals surface area contributed by atoms with Crippen molar-refractivity contribution in [1.29, 1.82) is 0 Å². The van der Waals surface area contributed by atoms with Gasteiger partial charge in [0, 0.05) is 19.7 Å². The number of nitrogens with zero attached hydrogens (tertiary/aromatic N) is 1. The van der Waals surface area contributed by atoms with E-state index in [9.17, 15) is 9.90 Å². The maximum atomic E-state index is 11.5. The first-order valence-corrected chi connectivity index (χ1v) is 7.59. The molecule has 1 aliphatic rings. The molecule has 0 aliphatic heterocycles. The Morgan fingerprint density at radius 3 is 2.63 bits per heavy atom. The summed E-state index contributed by atoms with van der Waals surface area (Å²) in [5, 5.41) is 9.44. The summed E-state index contributed by atoms with van der Waals surface area (Å²) in [5.74, 6) is -0.136. The maximum Gasteiger partial charge on any atom is 0.308 e. The zero-order chi connectivity index (χ0) is 14.3. The van der Waals surface area contributed by atoms with Gasteiger partial charge in [0.05, 0.1) is 12.5 Å². The lowest BCUT2D eigenvalue weighted by Gasteiger charge is -2.40. The lowest BCUT2D eigenvalue weighted by Crippen LogP contribution is -2.48. The fraction of sp³-hybridized carbons (Fsp3) is 0.933. The topological polar surface area (TPSA) is 49.8 Å². The first-order valence-electron chi connectivity index (χ1n) is 7.59. The van der Waals surface area contributed by atoms with Crippen molar-refractivity contribution in [2.45, 2.75) is 52.0 Å². The van der Waals surface area contributed by atoms with E-state index in [1.807, 2.05) is 0 Å². The summed E-state index contributed by atoms with van der Waals surface area (Å²) in [6.45, 7) is 6.73. The molecule has 1 fully saturated rings. The van der Waals surface area contributed by atoms with Crippen molar-refractivity contribution in [3.8, 4) is 0 Å². The Morgan fingerprint density at radius 2 is 2.11 bits per heavy atom. The van der Waals surface area contributed by atoms with Gasteiger partial charge in [0.25, 0.3) is 0 Å². The highest BCUT2D eigenvalue weighted by molar-refractivity contribution is 5.71. The lowest BCUT2D eigenvalue weighted by molar-refractivity contribution is -0.146. The Morgan fingerprint density at radius 1 is 1.37 bits per heavy atom. The molecule has 0 radical (unpaired) electrons. The predicted molar refractivity (Wildman–Crippen MR) is 76.3 cm³/mol. The van der Waals surface area contributed by atoms with E-state index < -0.39 is 5.97 Å². The Kier molecular flexibility index (Phi) is 7.39. The number of carbonyl (C=O) groups is 1. The molecule has 19 heavy (non-hydrogen) atoms. The quantitative estimate of drug-likeness (QED) is 0.737. The van der Waals surface area contributed by atoms with Crippen LogP contribution in [0.5, 0.6) is 0 Å². The van der Waals surface area contributed by atoms with Crippen molar-refractivity contribution in [2.24, 2.45) is 11.8 Å². The Hall–Kier alpha value is -0.610. The highest BCUT2D eigenvalue weighted by atomic mass is 16.5. The Balaban J connectivity index is 2.71. The van der Waals surface area contributed by atoms with E-state index in [2.05, 4.69) is 18.7 Å². The molecule has 0 heterocycles. The molecular weight excluding hydrogens is 242 g/mol. The van der Waals surface area contributed by atoms with Crippen LogP contribution in [0.4, 0.5) is 0 Å². The molecule has 0 aromatic carbocycles. The molecular formula is C15H29NO3. The molecule has 3 unspecified atom stereocenters. The van der Waals surface area contributed by atoms with Crippen LogP contribution in [0.3, 0.4) is 0 Å². The smallest absolute Gasteiger partial charge is 0.308 e. The number of hydrogen-bond acceptors (Lipinski definition) is 3. The summed E-state index contributed by atoms with van der Waals surface area (Å²) in [6.07, 6.45) is 5.35. The Bertz CT molecular complexity index is 270. The van der Waals surface area contributed by atoms with E-state index in [1.54, 1.807) is 7.11 Å². The fourth-order valence-electron chi connectivity index (χ4n) is 3.36. The van der Waals surface area contributed by atoms with Crippen LogP contribution in [0.2, 0.25) is 0 Å². The molecule has 0 aromatic heterocycles. The molecule has 112 valence electrons. The lowest BCUT2D eigenvalue weighted by atomic mass is 9.76. The van der Waals surface area contributed by atoms with E-state index >= 15 is 0 Å². The number of aliphatic carboxylic acids is 1. The summed E-state index contributed by atoms with van der Waals surface area (Å²) in [5.41, 5.74) is 0. The van der Waals surface area contributed by atoms with Crippen LogP contribution in [-0.2, 0) is 9.53 Å². The molecule has 1 saturated carbocycles.